The molecule has 0 radical (unpaired) electrons. The van der Waals surface area contributed by atoms with E-state index in [1.165, 1.54) is 37.9 Å². The molecule has 0 saturated carbocycles. The van der Waals surface area contributed by atoms with Crippen molar-refractivity contribution < 1.29 is 0 Å². The summed E-state index contributed by atoms with van der Waals surface area (Å²) in [4.78, 5) is 2.65. The van der Waals surface area contributed by atoms with Crippen LogP contribution in [0, 0.1) is 0 Å². The third kappa shape index (κ3) is 2.46. The molecule has 88 valence electrons. The van der Waals surface area contributed by atoms with E-state index in [-0.39, 0.29) is 0 Å². The maximum Gasteiger partial charge on any atom is 0.0135 e. The number of rotatable bonds is 4. The molecule has 16 heavy (non-hydrogen) atoms. The summed E-state index contributed by atoms with van der Waals surface area (Å²) in [5, 5.41) is 0. The van der Waals surface area contributed by atoms with Crippen LogP contribution in [0.5, 0.6) is 0 Å². The highest BCUT2D eigenvalue weighted by molar-refractivity contribution is 5.21. The van der Waals surface area contributed by atoms with Gasteiger partial charge in [-0.3, -0.25) is 0 Å². The molecule has 2 unspecified atom stereocenters. The Kier molecular flexibility index (Phi) is 4.00. The molecule has 1 aliphatic heterocycles. The first-order valence-corrected chi connectivity index (χ1v) is 6.62. The summed E-state index contributed by atoms with van der Waals surface area (Å²) >= 11 is 0. The van der Waals surface area contributed by atoms with Crippen molar-refractivity contribution in [3.05, 3.63) is 35.9 Å². The minimum atomic E-state index is 0.690. The summed E-state index contributed by atoms with van der Waals surface area (Å²) in [6, 6.07) is 11.7. The molecule has 0 amide bonds. The molecule has 1 heterocycles. The highest BCUT2D eigenvalue weighted by Gasteiger charge is 2.25. The van der Waals surface area contributed by atoms with Gasteiger partial charge < -0.3 is 4.90 Å². The summed E-state index contributed by atoms with van der Waals surface area (Å²) in [6.07, 6.45) is 4.01. The Bertz CT molecular complexity index is 300. The largest absolute Gasteiger partial charge is 0.300 e. The van der Waals surface area contributed by atoms with Gasteiger partial charge in [0.05, 0.1) is 0 Å². The van der Waals surface area contributed by atoms with Crippen molar-refractivity contribution >= 4 is 0 Å². The number of likely N-dealkylation sites (tertiary alicyclic amines) is 1. The summed E-state index contributed by atoms with van der Waals surface area (Å²) in [7, 11) is 0. The van der Waals surface area contributed by atoms with Crippen molar-refractivity contribution in [1.29, 1.82) is 0 Å². The Morgan fingerprint density at radius 2 is 1.75 bits per heavy atom. The Labute approximate surface area is 99.5 Å². The van der Waals surface area contributed by atoms with E-state index < -0.39 is 0 Å². The van der Waals surface area contributed by atoms with E-state index in [4.69, 9.17) is 0 Å². The fourth-order valence-electron chi connectivity index (χ4n) is 2.96. The quantitative estimate of drug-likeness (QED) is 0.744. The molecule has 1 nitrogen and oxygen atoms in total. The molecule has 1 aliphatic rings. The van der Waals surface area contributed by atoms with Gasteiger partial charge in [-0.25, -0.2) is 0 Å². The normalized spacial score (nSPS) is 20.9. The van der Waals surface area contributed by atoms with E-state index in [0.717, 1.165) is 0 Å². The van der Waals surface area contributed by atoms with Crippen LogP contribution in [0.2, 0.25) is 0 Å². The minimum absolute atomic E-state index is 0.690. The van der Waals surface area contributed by atoms with Crippen LogP contribution in [0.4, 0.5) is 0 Å². The van der Waals surface area contributed by atoms with Gasteiger partial charge in [0.15, 0.2) is 0 Å². The lowest BCUT2D eigenvalue weighted by molar-refractivity contribution is 0.222. The number of hydrogen-bond acceptors (Lipinski definition) is 1. The van der Waals surface area contributed by atoms with Crippen molar-refractivity contribution in [2.75, 3.05) is 13.1 Å². The van der Waals surface area contributed by atoms with Gasteiger partial charge in [-0.15, -0.1) is 0 Å². The molecule has 0 spiro atoms. The summed E-state index contributed by atoms with van der Waals surface area (Å²) in [6.45, 7) is 7.30. The van der Waals surface area contributed by atoms with E-state index in [1.54, 1.807) is 0 Å². The van der Waals surface area contributed by atoms with Crippen LogP contribution in [0.15, 0.2) is 30.3 Å². The van der Waals surface area contributed by atoms with Crippen LogP contribution < -0.4 is 0 Å². The van der Waals surface area contributed by atoms with Gasteiger partial charge >= 0.3 is 0 Å². The first-order valence-electron chi connectivity index (χ1n) is 6.62. The zero-order valence-corrected chi connectivity index (χ0v) is 10.5. The minimum Gasteiger partial charge on any atom is -0.300 e. The molecule has 1 heteroatoms. The second-order valence-corrected chi connectivity index (χ2v) is 4.91. The van der Waals surface area contributed by atoms with E-state index in [0.29, 0.717) is 12.0 Å². The van der Waals surface area contributed by atoms with Crippen LogP contribution >= 0.6 is 0 Å². The number of hydrogen-bond donors (Lipinski definition) is 0. The third-order valence-electron chi connectivity index (χ3n) is 3.97. The maximum absolute atomic E-state index is 2.65. The zero-order chi connectivity index (χ0) is 11.4. The SMILES string of the molecule is CCC(c1ccccc1)C(C)N1CCCC1. The lowest BCUT2D eigenvalue weighted by atomic mass is 9.89. The fraction of sp³-hybridized carbons (Fsp3) is 0.600. The van der Waals surface area contributed by atoms with Crippen molar-refractivity contribution in [2.24, 2.45) is 0 Å². The molecular weight excluding hydrogens is 194 g/mol. The van der Waals surface area contributed by atoms with Crippen LogP contribution in [0.25, 0.3) is 0 Å². The smallest absolute Gasteiger partial charge is 0.0135 e. The molecular formula is C15H23N. The van der Waals surface area contributed by atoms with Gasteiger partial charge in [0.1, 0.15) is 0 Å². The molecule has 1 aromatic carbocycles. The van der Waals surface area contributed by atoms with Crippen molar-refractivity contribution in [1.82, 2.24) is 4.90 Å². The summed E-state index contributed by atoms with van der Waals surface area (Å²) < 4.78 is 0. The first kappa shape index (κ1) is 11.7. The van der Waals surface area contributed by atoms with Crippen LogP contribution in [0.1, 0.15) is 44.6 Å². The van der Waals surface area contributed by atoms with Crippen molar-refractivity contribution in [3.63, 3.8) is 0 Å². The molecule has 0 bridgehead atoms. The van der Waals surface area contributed by atoms with Crippen molar-refractivity contribution in [2.45, 2.75) is 45.1 Å². The Hall–Kier alpha value is -0.820. The number of nitrogens with zero attached hydrogens (tertiary/aromatic N) is 1. The van der Waals surface area contributed by atoms with Crippen LogP contribution in [-0.2, 0) is 0 Å². The van der Waals surface area contributed by atoms with Gasteiger partial charge in [0, 0.05) is 6.04 Å². The van der Waals surface area contributed by atoms with Gasteiger partial charge in [-0.1, -0.05) is 37.3 Å². The molecule has 0 aromatic heterocycles. The summed E-state index contributed by atoms with van der Waals surface area (Å²) in [5.74, 6) is 0.694. The second kappa shape index (κ2) is 5.49. The predicted molar refractivity (Wildman–Crippen MR) is 69.7 cm³/mol. The van der Waals surface area contributed by atoms with Gasteiger partial charge in [-0.2, -0.15) is 0 Å². The second-order valence-electron chi connectivity index (χ2n) is 4.91. The standard InChI is InChI=1S/C15H23N/c1-3-15(14-9-5-4-6-10-14)13(2)16-11-7-8-12-16/h4-6,9-10,13,15H,3,7-8,11-12H2,1-2H3. The van der Waals surface area contributed by atoms with E-state index in [2.05, 4.69) is 49.1 Å². The predicted octanol–water partition coefficient (Wildman–Crippen LogP) is 3.66. The lowest BCUT2D eigenvalue weighted by Crippen LogP contribution is -2.35. The highest BCUT2D eigenvalue weighted by Crippen LogP contribution is 2.28. The van der Waals surface area contributed by atoms with Crippen LogP contribution in [-0.4, -0.2) is 24.0 Å². The molecule has 2 atom stereocenters. The molecule has 1 saturated heterocycles. The first-order chi connectivity index (χ1) is 7.83. The third-order valence-corrected chi connectivity index (χ3v) is 3.97. The molecule has 2 rings (SSSR count). The topological polar surface area (TPSA) is 3.24 Å². The van der Waals surface area contributed by atoms with E-state index in [9.17, 15) is 0 Å². The average Bonchev–Trinajstić information content (AvgIpc) is 2.85. The average molecular weight is 217 g/mol. The fourth-order valence-corrected chi connectivity index (χ4v) is 2.96. The van der Waals surface area contributed by atoms with E-state index in [1.807, 2.05) is 0 Å². The maximum atomic E-state index is 2.65. The van der Waals surface area contributed by atoms with Gasteiger partial charge in [-0.05, 0) is 50.8 Å². The molecule has 0 N–H and O–H groups in total. The van der Waals surface area contributed by atoms with Gasteiger partial charge in [0.2, 0.25) is 0 Å². The zero-order valence-electron chi connectivity index (χ0n) is 10.5. The molecule has 0 aliphatic carbocycles. The summed E-state index contributed by atoms with van der Waals surface area (Å²) in [5.41, 5.74) is 1.50. The number of benzene rings is 1. The van der Waals surface area contributed by atoms with Crippen LogP contribution in [0.3, 0.4) is 0 Å². The van der Waals surface area contributed by atoms with Gasteiger partial charge in [0.25, 0.3) is 0 Å². The monoisotopic (exact) mass is 217 g/mol. The Morgan fingerprint density at radius 1 is 1.12 bits per heavy atom. The molecule has 1 aromatic rings. The van der Waals surface area contributed by atoms with E-state index >= 15 is 0 Å². The lowest BCUT2D eigenvalue weighted by Gasteiger charge is -2.31. The Balaban J connectivity index is 2.09. The Morgan fingerprint density at radius 3 is 2.31 bits per heavy atom. The highest BCUT2D eigenvalue weighted by atomic mass is 15.2. The molecule has 1 fully saturated rings. The van der Waals surface area contributed by atoms with Crippen molar-refractivity contribution in [3.8, 4) is 0 Å².